The normalized spacial score (nSPS) is 18.7. The lowest BCUT2D eigenvalue weighted by Crippen LogP contribution is -2.36. The second kappa shape index (κ2) is 7.89. The lowest BCUT2D eigenvalue weighted by atomic mass is 9.94. The molecule has 0 aliphatic heterocycles. The van der Waals surface area contributed by atoms with E-state index in [2.05, 4.69) is 25.2 Å². The maximum absolute atomic E-state index is 5.54. The first-order valence-electron chi connectivity index (χ1n) is 6.38. The molecule has 0 saturated carbocycles. The van der Waals surface area contributed by atoms with Crippen molar-refractivity contribution in [2.75, 3.05) is 19.8 Å². The summed E-state index contributed by atoms with van der Waals surface area (Å²) < 4.78 is 5.54. The molecule has 1 atom stereocenters. The van der Waals surface area contributed by atoms with E-state index < -0.39 is 0 Å². The molecule has 0 aromatic carbocycles. The van der Waals surface area contributed by atoms with E-state index in [1.807, 2.05) is 0 Å². The largest absolute Gasteiger partial charge is 0.380 e. The first kappa shape index (κ1) is 12.7. The molecule has 1 aliphatic rings. The lowest BCUT2D eigenvalue weighted by molar-refractivity contribution is 0.130. The highest BCUT2D eigenvalue weighted by molar-refractivity contribution is 5.13. The average molecular weight is 211 g/mol. The Morgan fingerprint density at radius 1 is 1.40 bits per heavy atom. The van der Waals surface area contributed by atoms with Gasteiger partial charge in [0.25, 0.3) is 0 Å². The first-order valence-corrected chi connectivity index (χ1v) is 6.38. The van der Waals surface area contributed by atoms with Crippen LogP contribution in [0.25, 0.3) is 0 Å². The average Bonchev–Trinajstić information content (AvgIpc) is 2.30. The molecule has 0 aromatic rings. The molecule has 1 rings (SSSR count). The van der Waals surface area contributed by atoms with Crippen molar-refractivity contribution < 1.29 is 4.74 Å². The fraction of sp³-hybridized carbons (Fsp3) is 0.846. The SMILES string of the molecule is CCCNC(COCC)C1=CCCCC1. The molecule has 1 N–H and O–H groups in total. The summed E-state index contributed by atoms with van der Waals surface area (Å²) in [7, 11) is 0. The molecule has 0 aromatic heterocycles. The van der Waals surface area contributed by atoms with Crippen molar-refractivity contribution in [1.82, 2.24) is 5.32 Å². The number of hydrogen-bond acceptors (Lipinski definition) is 2. The van der Waals surface area contributed by atoms with Crippen LogP contribution in [0, 0.1) is 0 Å². The van der Waals surface area contributed by atoms with Crippen LogP contribution < -0.4 is 5.32 Å². The minimum absolute atomic E-state index is 0.463. The third kappa shape index (κ3) is 4.80. The molecule has 0 saturated heterocycles. The summed E-state index contributed by atoms with van der Waals surface area (Å²) in [6.45, 7) is 7.02. The molecular formula is C13H25NO. The summed E-state index contributed by atoms with van der Waals surface area (Å²) in [6, 6.07) is 0.463. The van der Waals surface area contributed by atoms with Crippen LogP contribution in [0.5, 0.6) is 0 Å². The highest BCUT2D eigenvalue weighted by atomic mass is 16.5. The van der Waals surface area contributed by atoms with E-state index in [1.54, 1.807) is 5.57 Å². The van der Waals surface area contributed by atoms with Crippen LogP contribution in [0.15, 0.2) is 11.6 Å². The summed E-state index contributed by atoms with van der Waals surface area (Å²) in [5, 5.41) is 3.58. The van der Waals surface area contributed by atoms with Gasteiger partial charge in [0.15, 0.2) is 0 Å². The van der Waals surface area contributed by atoms with Gasteiger partial charge in [0, 0.05) is 6.61 Å². The molecule has 2 nitrogen and oxygen atoms in total. The summed E-state index contributed by atoms with van der Waals surface area (Å²) >= 11 is 0. The van der Waals surface area contributed by atoms with Gasteiger partial charge in [-0.3, -0.25) is 0 Å². The minimum atomic E-state index is 0.463. The molecule has 15 heavy (non-hydrogen) atoms. The molecular weight excluding hydrogens is 186 g/mol. The topological polar surface area (TPSA) is 21.3 Å². The number of hydrogen-bond donors (Lipinski definition) is 1. The highest BCUT2D eigenvalue weighted by Crippen LogP contribution is 2.20. The van der Waals surface area contributed by atoms with Crippen LogP contribution in [0.1, 0.15) is 46.0 Å². The van der Waals surface area contributed by atoms with Crippen molar-refractivity contribution in [3.05, 3.63) is 11.6 Å². The summed E-state index contributed by atoms with van der Waals surface area (Å²) in [5.41, 5.74) is 1.57. The van der Waals surface area contributed by atoms with Gasteiger partial charge in [0.2, 0.25) is 0 Å². The molecule has 0 heterocycles. The molecule has 1 unspecified atom stereocenters. The van der Waals surface area contributed by atoms with E-state index in [0.29, 0.717) is 6.04 Å². The van der Waals surface area contributed by atoms with Gasteiger partial charge in [-0.1, -0.05) is 18.6 Å². The Hall–Kier alpha value is -0.340. The van der Waals surface area contributed by atoms with Crippen molar-refractivity contribution in [2.24, 2.45) is 0 Å². The summed E-state index contributed by atoms with van der Waals surface area (Å²) in [5.74, 6) is 0. The zero-order valence-corrected chi connectivity index (χ0v) is 10.2. The number of nitrogens with one attached hydrogen (secondary N) is 1. The monoisotopic (exact) mass is 211 g/mol. The van der Waals surface area contributed by atoms with Gasteiger partial charge in [0.05, 0.1) is 12.6 Å². The van der Waals surface area contributed by atoms with E-state index >= 15 is 0 Å². The van der Waals surface area contributed by atoms with Crippen LogP contribution in [0.3, 0.4) is 0 Å². The predicted octanol–water partition coefficient (Wildman–Crippen LogP) is 2.89. The predicted molar refractivity (Wildman–Crippen MR) is 65.1 cm³/mol. The zero-order valence-electron chi connectivity index (χ0n) is 10.2. The van der Waals surface area contributed by atoms with Crippen molar-refractivity contribution in [3.63, 3.8) is 0 Å². The second-order valence-electron chi connectivity index (χ2n) is 4.19. The van der Waals surface area contributed by atoms with Crippen LogP contribution in [0.2, 0.25) is 0 Å². The lowest BCUT2D eigenvalue weighted by Gasteiger charge is -2.24. The zero-order chi connectivity index (χ0) is 10.9. The maximum atomic E-state index is 5.54. The Balaban J connectivity index is 2.41. The fourth-order valence-electron chi connectivity index (χ4n) is 2.03. The van der Waals surface area contributed by atoms with Crippen LogP contribution in [-0.2, 0) is 4.74 Å². The van der Waals surface area contributed by atoms with E-state index in [1.165, 1.54) is 32.1 Å². The van der Waals surface area contributed by atoms with Gasteiger partial charge >= 0.3 is 0 Å². The molecule has 2 heteroatoms. The molecule has 88 valence electrons. The second-order valence-corrected chi connectivity index (χ2v) is 4.19. The highest BCUT2D eigenvalue weighted by Gasteiger charge is 2.15. The van der Waals surface area contributed by atoms with Crippen molar-refractivity contribution in [2.45, 2.75) is 52.0 Å². The van der Waals surface area contributed by atoms with Gasteiger partial charge in [-0.05, 0) is 45.6 Å². The maximum Gasteiger partial charge on any atom is 0.0658 e. The molecule has 0 bridgehead atoms. The first-order chi connectivity index (χ1) is 7.38. The Morgan fingerprint density at radius 3 is 2.87 bits per heavy atom. The number of allylic oxidation sites excluding steroid dienone is 1. The van der Waals surface area contributed by atoms with E-state index in [0.717, 1.165) is 19.8 Å². The van der Waals surface area contributed by atoms with Gasteiger partial charge < -0.3 is 10.1 Å². The molecule has 1 aliphatic carbocycles. The van der Waals surface area contributed by atoms with Gasteiger partial charge in [-0.2, -0.15) is 0 Å². The summed E-state index contributed by atoms with van der Waals surface area (Å²) in [6.07, 6.45) is 8.83. The van der Waals surface area contributed by atoms with Crippen LogP contribution in [-0.4, -0.2) is 25.8 Å². The number of ether oxygens (including phenoxy) is 1. The molecule has 0 spiro atoms. The smallest absolute Gasteiger partial charge is 0.0658 e. The minimum Gasteiger partial charge on any atom is -0.380 e. The fourth-order valence-corrected chi connectivity index (χ4v) is 2.03. The van der Waals surface area contributed by atoms with Gasteiger partial charge in [0.1, 0.15) is 0 Å². The van der Waals surface area contributed by atoms with Crippen LogP contribution >= 0.6 is 0 Å². The van der Waals surface area contributed by atoms with Gasteiger partial charge in [-0.15, -0.1) is 0 Å². The third-order valence-corrected chi connectivity index (χ3v) is 2.90. The standard InChI is InChI=1S/C13H25NO/c1-3-10-14-13(11-15-4-2)12-8-6-5-7-9-12/h8,13-14H,3-7,9-11H2,1-2H3. The molecule has 0 radical (unpaired) electrons. The molecule has 0 amide bonds. The van der Waals surface area contributed by atoms with Crippen molar-refractivity contribution in [3.8, 4) is 0 Å². The Bertz CT molecular complexity index is 181. The summed E-state index contributed by atoms with van der Waals surface area (Å²) in [4.78, 5) is 0. The Labute approximate surface area is 94.1 Å². The third-order valence-electron chi connectivity index (χ3n) is 2.90. The molecule has 0 fully saturated rings. The van der Waals surface area contributed by atoms with E-state index in [-0.39, 0.29) is 0 Å². The van der Waals surface area contributed by atoms with Crippen molar-refractivity contribution in [1.29, 1.82) is 0 Å². The van der Waals surface area contributed by atoms with E-state index in [4.69, 9.17) is 4.74 Å². The number of rotatable bonds is 7. The van der Waals surface area contributed by atoms with E-state index in [9.17, 15) is 0 Å². The van der Waals surface area contributed by atoms with Crippen molar-refractivity contribution >= 4 is 0 Å². The quantitative estimate of drug-likeness (QED) is 0.654. The van der Waals surface area contributed by atoms with Gasteiger partial charge in [-0.25, -0.2) is 0 Å². The Morgan fingerprint density at radius 2 is 2.27 bits per heavy atom. The van der Waals surface area contributed by atoms with Crippen LogP contribution in [0.4, 0.5) is 0 Å². The Kier molecular flexibility index (Phi) is 6.69.